The number of piperidine rings is 1. The molecule has 1 fully saturated rings. The third-order valence-corrected chi connectivity index (χ3v) is 5.67. The van der Waals surface area contributed by atoms with E-state index in [0.717, 1.165) is 5.56 Å². The molecule has 1 heterocycles. The summed E-state index contributed by atoms with van der Waals surface area (Å²) in [5.74, 6) is -0.0346. The number of methoxy groups -OCH3 is 1. The van der Waals surface area contributed by atoms with Crippen LogP contribution in [0.2, 0.25) is 0 Å². The fraction of sp³-hybridized carbons (Fsp3) is 0.588. The molecule has 0 atom stereocenters. The van der Waals surface area contributed by atoms with Gasteiger partial charge in [0.25, 0.3) is 0 Å². The number of hydrogen-bond donors (Lipinski definition) is 0. The van der Waals surface area contributed by atoms with Crippen LogP contribution in [-0.2, 0) is 26.1 Å². The van der Waals surface area contributed by atoms with Gasteiger partial charge in [-0.05, 0) is 18.4 Å². The molecule has 0 unspecified atom stereocenters. The Morgan fingerprint density at radius 1 is 1.25 bits per heavy atom. The van der Waals surface area contributed by atoms with Crippen molar-refractivity contribution in [2.24, 2.45) is 5.92 Å². The summed E-state index contributed by atoms with van der Waals surface area (Å²) in [5, 5.41) is 0. The number of amides is 1. The average Bonchev–Trinajstić information content (AvgIpc) is 2.58. The van der Waals surface area contributed by atoms with E-state index < -0.39 is 10.0 Å². The van der Waals surface area contributed by atoms with E-state index in [1.165, 1.54) is 10.6 Å². The summed E-state index contributed by atoms with van der Waals surface area (Å²) in [6.07, 6.45) is 2.36. The molecule has 0 bridgehead atoms. The zero-order valence-corrected chi connectivity index (χ0v) is 15.2. The predicted molar refractivity (Wildman–Crippen MR) is 92.9 cm³/mol. The zero-order chi connectivity index (χ0) is 17.6. The standard InChI is InChI=1S/C17H26N2O4S/c1-23-13-12-18(14-15-6-4-3-5-7-15)17(20)16-8-10-19(11-9-16)24(2,21)22/h3-7,16H,8-14H2,1-2H3. The van der Waals surface area contributed by atoms with Crippen molar-refractivity contribution >= 4 is 15.9 Å². The maximum Gasteiger partial charge on any atom is 0.226 e. The second-order valence-corrected chi connectivity index (χ2v) is 8.16. The Hall–Kier alpha value is -1.44. The van der Waals surface area contributed by atoms with Gasteiger partial charge in [0.15, 0.2) is 0 Å². The first-order valence-corrected chi connectivity index (χ1v) is 10.0. The van der Waals surface area contributed by atoms with Gasteiger partial charge in [-0.2, -0.15) is 0 Å². The summed E-state index contributed by atoms with van der Waals surface area (Å²) in [4.78, 5) is 14.7. The van der Waals surface area contributed by atoms with Crippen molar-refractivity contribution in [1.82, 2.24) is 9.21 Å². The number of rotatable bonds is 7. The van der Waals surface area contributed by atoms with E-state index >= 15 is 0 Å². The minimum atomic E-state index is -3.17. The van der Waals surface area contributed by atoms with Gasteiger partial charge < -0.3 is 9.64 Å². The molecular weight excluding hydrogens is 328 g/mol. The highest BCUT2D eigenvalue weighted by atomic mass is 32.2. The maximum atomic E-state index is 12.9. The highest BCUT2D eigenvalue weighted by molar-refractivity contribution is 7.88. The van der Waals surface area contributed by atoms with Crippen molar-refractivity contribution < 1.29 is 17.9 Å². The maximum absolute atomic E-state index is 12.9. The van der Waals surface area contributed by atoms with Gasteiger partial charge in [-0.1, -0.05) is 30.3 Å². The Morgan fingerprint density at radius 2 is 1.88 bits per heavy atom. The molecular formula is C17H26N2O4S. The van der Waals surface area contributed by atoms with Crippen molar-refractivity contribution in [3.8, 4) is 0 Å². The summed E-state index contributed by atoms with van der Waals surface area (Å²) in [5.41, 5.74) is 1.08. The predicted octanol–water partition coefficient (Wildman–Crippen LogP) is 1.33. The van der Waals surface area contributed by atoms with Crippen LogP contribution in [0.1, 0.15) is 18.4 Å². The van der Waals surface area contributed by atoms with Gasteiger partial charge >= 0.3 is 0 Å². The summed E-state index contributed by atoms with van der Waals surface area (Å²) in [6, 6.07) is 9.86. The fourth-order valence-electron chi connectivity index (χ4n) is 2.97. The molecule has 0 aliphatic carbocycles. The van der Waals surface area contributed by atoms with Gasteiger partial charge in [0.1, 0.15) is 0 Å². The van der Waals surface area contributed by atoms with Crippen LogP contribution in [0.25, 0.3) is 0 Å². The van der Waals surface area contributed by atoms with E-state index in [4.69, 9.17) is 4.74 Å². The van der Waals surface area contributed by atoms with E-state index in [1.54, 1.807) is 7.11 Å². The normalized spacial score (nSPS) is 16.9. The lowest BCUT2D eigenvalue weighted by Gasteiger charge is -2.33. The first kappa shape index (κ1) is 18.9. The van der Waals surface area contributed by atoms with Crippen LogP contribution in [0.3, 0.4) is 0 Å². The van der Waals surface area contributed by atoms with Gasteiger partial charge in [0.05, 0.1) is 12.9 Å². The minimum Gasteiger partial charge on any atom is -0.383 e. The number of sulfonamides is 1. The highest BCUT2D eigenvalue weighted by Crippen LogP contribution is 2.22. The first-order valence-electron chi connectivity index (χ1n) is 8.18. The lowest BCUT2D eigenvalue weighted by molar-refractivity contribution is -0.138. The second-order valence-electron chi connectivity index (χ2n) is 6.17. The summed E-state index contributed by atoms with van der Waals surface area (Å²) >= 11 is 0. The summed E-state index contributed by atoms with van der Waals surface area (Å²) < 4.78 is 29.8. The van der Waals surface area contributed by atoms with Crippen LogP contribution >= 0.6 is 0 Å². The lowest BCUT2D eigenvalue weighted by Crippen LogP contribution is -2.44. The molecule has 1 aromatic carbocycles. The van der Waals surface area contributed by atoms with Crippen LogP contribution < -0.4 is 0 Å². The topological polar surface area (TPSA) is 66.9 Å². The van der Waals surface area contributed by atoms with E-state index in [1.807, 2.05) is 35.2 Å². The van der Waals surface area contributed by atoms with Crippen molar-refractivity contribution in [1.29, 1.82) is 0 Å². The lowest BCUT2D eigenvalue weighted by atomic mass is 9.96. The molecule has 6 nitrogen and oxygen atoms in total. The van der Waals surface area contributed by atoms with Crippen molar-refractivity contribution in [3.63, 3.8) is 0 Å². The van der Waals surface area contributed by atoms with Crippen molar-refractivity contribution in [2.75, 3.05) is 39.6 Å². The average molecular weight is 354 g/mol. The van der Waals surface area contributed by atoms with Crippen LogP contribution in [0.5, 0.6) is 0 Å². The van der Waals surface area contributed by atoms with Gasteiger partial charge in [0, 0.05) is 39.2 Å². The number of carbonyl (C=O) groups excluding carboxylic acids is 1. The monoisotopic (exact) mass is 354 g/mol. The largest absolute Gasteiger partial charge is 0.383 e. The smallest absolute Gasteiger partial charge is 0.226 e. The highest BCUT2D eigenvalue weighted by Gasteiger charge is 2.31. The van der Waals surface area contributed by atoms with E-state index in [2.05, 4.69) is 0 Å². The Labute approximate surface area is 144 Å². The summed E-state index contributed by atoms with van der Waals surface area (Å²) in [6.45, 7) is 2.41. The molecule has 24 heavy (non-hydrogen) atoms. The minimum absolute atomic E-state index is 0.0871. The number of ether oxygens (including phenoxy) is 1. The third kappa shape index (κ3) is 5.29. The van der Waals surface area contributed by atoms with Crippen LogP contribution in [0, 0.1) is 5.92 Å². The Balaban J connectivity index is 2.00. The molecule has 0 radical (unpaired) electrons. The molecule has 0 aromatic heterocycles. The molecule has 0 N–H and O–H groups in total. The van der Waals surface area contributed by atoms with Crippen LogP contribution in [0.4, 0.5) is 0 Å². The molecule has 1 amide bonds. The third-order valence-electron chi connectivity index (χ3n) is 4.37. The van der Waals surface area contributed by atoms with Crippen molar-refractivity contribution in [3.05, 3.63) is 35.9 Å². The Kier molecular flexibility index (Phi) is 6.77. The van der Waals surface area contributed by atoms with Crippen LogP contribution in [0.15, 0.2) is 30.3 Å². The molecule has 134 valence electrons. The molecule has 1 aliphatic heterocycles. The number of benzene rings is 1. The fourth-order valence-corrected chi connectivity index (χ4v) is 3.84. The van der Waals surface area contributed by atoms with E-state index in [0.29, 0.717) is 45.6 Å². The van der Waals surface area contributed by atoms with Gasteiger partial charge in [-0.15, -0.1) is 0 Å². The van der Waals surface area contributed by atoms with Gasteiger partial charge in [0.2, 0.25) is 15.9 Å². The number of carbonyl (C=O) groups is 1. The Bertz CT molecular complexity index is 625. The molecule has 0 spiro atoms. The van der Waals surface area contributed by atoms with Gasteiger partial charge in [-0.25, -0.2) is 12.7 Å². The molecule has 1 saturated heterocycles. The first-order chi connectivity index (χ1) is 11.4. The molecule has 2 rings (SSSR count). The Morgan fingerprint density at radius 3 is 2.42 bits per heavy atom. The number of hydrogen-bond acceptors (Lipinski definition) is 4. The summed E-state index contributed by atoms with van der Waals surface area (Å²) in [7, 11) is -1.55. The molecule has 1 aliphatic rings. The SMILES string of the molecule is COCCN(Cc1ccccc1)C(=O)C1CCN(S(C)(=O)=O)CC1. The molecule has 0 saturated carbocycles. The number of nitrogens with zero attached hydrogens (tertiary/aromatic N) is 2. The van der Waals surface area contributed by atoms with Crippen LogP contribution in [-0.4, -0.2) is 63.1 Å². The zero-order valence-electron chi connectivity index (χ0n) is 14.3. The van der Waals surface area contributed by atoms with Crippen molar-refractivity contribution in [2.45, 2.75) is 19.4 Å². The molecule has 1 aromatic rings. The van der Waals surface area contributed by atoms with Gasteiger partial charge in [-0.3, -0.25) is 4.79 Å². The molecule has 7 heteroatoms. The second kappa shape index (κ2) is 8.60. The van der Waals surface area contributed by atoms with E-state index in [-0.39, 0.29) is 11.8 Å². The van der Waals surface area contributed by atoms with E-state index in [9.17, 15) is 13.2 Å². The quantitative estimate of drug-likeness (QED) is 0.741.